The third-order valence-corrected chi connectivity index (χ3v) is 6.23. The van der Waals surface area contributed by atoms with E-state index in [1.54, 1.807) is 38.2 Å². The minimum Gasteiger partial charge on any atom is -0.462 e. The van der Waals surface area contributed by atoms with Crippen molar-refractivity contribution in [3.8, 4) is 11.5 Å². The smallest absolute Gasteiger partial charge is 0.341 e. The van der Waals surface area contributed by atoms with Crippen molar-refractivity contribution in [2.24, 2.45) is 0 Å². The molecule has 0 fully saturated rings. The molecule has 0 saturated heterocycles. The zero-order valence-electron chi connectivity index (χ0n) is 19.6. The molecule has 0 bridgehead atoms. The van der Waals surface area contributed by atoms with Gasteiger partial charge < -0.3 is 20.1 Å². The van der Waals surface area contributed by atoms with Crippen LogP contribution in [0.4, 0.5) is 5.00 Å². The minimum atomic E-state index is -0.424. The Balaban J connectivity index is 1.58. The summed E-state index contributed by atoms with van der Waals surface area (Å²) >= 11 is 1.37. The van der Waals surface area contributed by atoms with Crippen LogP contribution in [0.25, 0.3) is 0 Å². The minimum absolute atomic E-state index is 0.175. The largest absolute Gasteiger partial charge is 0.462 e. The number of nitrogens with zero attached hydrogens (tertiary/aromatic N) is 1. The first kappa shape index (κ1) is 24.9. The van der Waals surface area contributed by atoms with Crippen molar-refractivity contribution >= 4 is 34.1 Å². The van der Waals surface area contributed by atoms with Crippen LogP contribution in [-0.4, -0.2) is 36.4 Å². The molecule has 0 radical (unpaired) electrons. The van der Waals surface area contributed by atoms with Crippen LogP contribution < -0.4 is 15.4 Å². The Morgan fingerprint density at radius 1 is 1.06 bits per heavy atom. The average molecular weight is 482 g/mol. The molecule has 3 rings (SSSR count). The van der Waals surface area contributed by atoms with Gasteiger partial charge in [-0.15, -0.1) is 11.3 Å². The number of carbonyl (C=O) groups excluding carboxylic acids is 3. The zero-order chi connectivity index (χ0) is 24.7. The molecule has 9 heteroatoms. The molecule has 2 N–H and O–H groups in total. The summed E-state index contributed by atoms with van der Waals surface area (Å²) in [6.45, 7) is 5.78. The molecule has 2 amide bonds. The molecule has 0 aliphatic rings. The topological polar surface area (TPSA) is 107 Å². The fourth-order valence-corrected chi connectivity index (χ4v) is 4.26. The molecule has 0 aliphatic heterocycles. The van der Waals surface area contributed by atoms with Crippen LogP contribution in [-0.2, 0) is 16.0 Å². The highest BCUT2D eigenvalue weighted by Crippen LogP contribution is 2.33. The number of esters is 1. The highest BCUT2D eigenvalue weighted by Gasteiger charge is 2.22. The van der Waals surface area contributed by atoms with E-state index in [0.29, 0.717) is 28.5 Å². The number of amides is 2. The summed E-state index contributed by atoms with van der Waals surface area (Å²) in [5.74, 6) is 0.212. The van der Waals surface area contributed by atoms with Crippen molar-refractivity contribution in [2.75, 3.05) is 19.0 Å². The Morgan fingerprint density at radius 3 is 2.47 bits per heavy atom. The van der Waals surface area contributed by atoms with Gasteiger partial charge in [0.15, 0.2) is 0 Å². The van der Waals surface area contributed by atoms with Crippen LogP contribution in [0.15, 0.2) is 42.6 Å². The summed E-state index contributed by atoms with van der Waals surface area (Å²) in [7, 11) is 1.54. The lowest BCUT2D eigenvalue weighted by Gasteiger charge is -2.09. The summed E-state index contributed by atoms with van der Waals surface area (Å²) in [6.07, 6.45) is 2.30. The van der Waals surface area contributed by atoms with E-state index in [1.165, 1.54) is 17.5 Å². The van der Waals surface area contributed by atoms with E-state index in [0.717, 1.165) is 16.0 Å². The number of anilines is 1. The number of thiophene rings is 1. The number of carbonyl (C=O) groups is 3. The molecule has 0 saturated carbocycles. The second kappa shape index (κ2) is 11.4. The monoisotopic (exact) mass is 481 g/mol. The Kier molecular flexibility index (Phi) is 8.37. The molecule has 8 nitrogen and oxygen atoms in total. The summed E-state index contributed by atoms with van der Waals surface area (Å²) in [6, 6.07) is 10.6. The van der Waals surface area contributed by atoms with Gasteiger partial charge in [0.25, 0.3) is 5.91 Å². The first-order valence-electron chi connectivity index (χ1n) is 10.8. The molecule has 0 aliphatic carbocycles. The van der Waals surface area contributed by atoms with Crippen LogP contribution in [0.3, 0.4) is 0 Å². The van der Waals surface area contributed by atoms with Gasteiger partial charge in [0.05, 0.1) is 12.2 Å². The SMILES string of the molecule is CCOC(=O)c1c(NC(=O)CCc2ccc(Oc3ccnc(C(=O)NC)c3)cc2)sc(C)c1C. The number of aryl methyl sites for hydroxylation is 2. The van der Waals surface area contributed by atoms with E-state index in [-0.39, 0.29) is 30.5 Å². The normalized spacial score (nSPS) is 10.5. The maximum atomic E-state index is 12.5. The van der Waals surface area contributed by atoms with Crippen molar-refractivity contribution in [3.63, 3.8) is 0 Å². The van der Waals surface area contributed by atoms with Gasteiger partial charge in [-0.3, -0.25) is 14.6 Å². The highest BCUT2D eigenvalue weighted by atomic mass is 32.1. The maximum absolute atomic E-state index is 12.5. The van der Waals surface area contributed by atoms with Crippen molar-refractivity contribution in [3.05, 3.63) is 69.9 Å². The van der Waals surface area contributed by atoms with Gasteiger partial charge in [0.2, 0.25) is 5.91 Å². The predicted molar refractivity (Wildman–Crippen MR) is 131 cm³/mol. The fraction of sp³-hybridized carbons (Fsp3) is 0.280. The van der Waals surface area contributed by atoms with Crippen molar-refractivity contribution in [1.29, 1.82) is 0 Å². The fourth-order valence-electron chi connectivity index (χ4n) is 3.20. The molecule has 178 valence electrons. The second-order valence-corrected chi connectivity index (χ2v) is 8.68. The van der Waals surface area contributed by atoms with Gasteiger partial charge in [-0.2, -0.15) is 0 Å². The van der Waals surface area contributed by atoms with E-state index in [2.05, 4.69) is 15.6 Å². The Labute approximate surface area is 202 Å². The average Bonchev–Trinajstić information content (AvgIpc) is 3.11. The molecule has 0 atom stereocenters. The van der Waals surface area contributed by atoms with Crippen molar-refractivity contribution in [2.45, 2.75) is 33.6 Å². The number of rotatable bonds is 9. The lowest BCUT2D eigenvalue weighted by molar-refractivity contribution is -0.116. The quantitative estimate of drug-likeness (QED) is 0.431. The Hall–Kier alpha value is -3.72. The molecule has 0 spiro atoms. The van der Waals surface area contributed by atoms with E-state index in [1.807, 2.05) is 26.0 Å². The molecular weight excluding hydrogens is 454 g/mol. The lowest BCUT2D eigenvalue weighted by Crippen LogP contribution is -2.18. The van der Waals surface area contributed by atoms with Crippen LogP contribution >= 0.6 is 11.3 Å². The standard InChI is InChI=1S/C25H27N3O5S/c1-5-32-25(31)22-15(2)16(3)34-24(22)28-21(29)11-8-17-6-9-18(10-7-17)33-19-12-13-27-20(14-19)23(30)26-4/h6-7,9-10,12-14H,5,8,11H2,1-4H3,(H,26,30)(H,28,29). The van der Waals surface area contributed by atoms with E-state index in [4.69, 9.17) is 9.47 Å². The van der Waals surface area contributed by atoms with Crippen molar-refractivity contribution in [1.82, 2.24) is 10.3 Å². The van der Waals surface area contributed by atoms with Crippen LogP contribution in [0, 0.1) is 13.8 Å². The molecule has 1 aromatic carbocycles. The van der Waals surface area contributed by atoms with Crippen LogP contribution in [0.5, 0.6) is 11.5 Å². The first-order valence-corrected chi connectivity index (χ1v) is 11.7. The van der Waals surface area contributed by atoms with Gasteiger partial charge in [0, 0.05) is 30.6 Å². The Morgan fingerprint density at radius 2 is 1.79 bits per heavy atom. The summed E-state index contributed by atoms with van der Waals surface area (Å²) in [5, 5.41) is 5.91. The third kappa shape index (κ3) is 6.20. The highest BCUT2D eigenvalue weighted by molar-refractivity contribution is 7.16. The van der Waals surface area contributed by atoms with E-state index in [9.17, 15) is 14.4 Å². The maximum Gasteiger partial charge on any atom is 0.341 e. The van der Waals surface area contributed by atoms with Gasteiger partial charge in [0.1, 0.15) is 22.2 Å². The number of benzene rings is 1. The number of ether oxygens (including phenoxy) is 2. The van der Waals surface area contributed by atoms with Crippen LogP contribution in [0.1, 0.15) is 50.2 Å². The number of pyridine rings is 1. The zero-order valence-corrected chi connectivity index (χ0v) is 20.4. The Bertz CT molecular complexity index is 1190. The van der Waals surface area contributed by atoms with Gasteiger partial charge >= 0.3 is 5.97 Å². The van der Waals surface area contributed by atoms with Crippen LogP contribution in [0.2, 0.25) is 0 Å². The van der Waals surface area contributed by atoms with Gasteiger partial charge in [-0.05, 0) is 56.5 Å². The molecule has 34 heavy (non-hydrogen) atoms. The van der Waals surface area contributed by atoms with E-state index >= 15 is 0 Å². The predicted octanol–water partition coefficient (Wildman–Crippen LogP) is 4.66. The number of hydrogen-bond acceptors (Lipinski definition) is 7. The molecular formula is C25H27N3O5S. The lowest BCUT2D eigenvalue weighted by atomic mass is 10.1. The number of hydrogen-bond donors (Lipinski definition) is 2. The summed E-state index contributed by atoms with van der Waals surface area (Å²) in [4.78, 5) is 41.5. The van der Waals surface area contributed by atoms with Gasteiger partial charge in [-0.1, -0.05) is 12.1 Å². The third-order valence-electron chi connectivity index (χ3n) is 5.11. The molecule has 2 heterocycles. The molecule has 3 aromatic rings. The van der Waals surface area contributed by atoms with E-state index < -0.39 is 5.97 Å². The summed E-state index contributed by atoms with van der Waals surface area (Å²) in [5.41, 5.74) is 2.48. The molecule has 0 unspecified atom stereocenters. The van der Waals surface area contributed by atoms with Crippen molar-refractivity contribution < 1.29 is 23.9 Å². The second-order valence-electron chi connectivity index (χ2n) is 7.46. The van der Waals surface area contributed by atoms with Gasteiger partial charge in [-0.25, -0.2) is 4.79 Å². The number of aromatic nitrogens is 1. The first-order chi connectivity index (χ1) is 16.3. The molecule has 2 aromatic heterocycles. The number of nitrogens with one attached hydrogen (secondary N) is 2. The summed E-state index contributed by atoms with van der Waals surface area (Å²) < 4.78 is 10.9.